The molecule has 0 aliphatic carbocycles. The molecule has 6 heteroatoms. The van der Waals surface area contributed by atoms with Gasteiger partial charge in [0.2, 0.25) is 5.78 Å². The highest BCUT2D eigenvalue weighted by Gasteiger charge is 2.44. The number of nitrogens with zero attached hydrogens (tertiary/aromatic N) is 2. The maximum atomic E-state index is 13.4. The van der Waals surface area contributed by atoms with Crippen LogP contribution in [0.2, 0.25) is 10.0 Å². The average molecular weight is 451 g/mol. The fraction of sp³-hybridized carbons (Fsp3) is 0.200. The van der Waals surface area contributed by atoms with Gasteiger partial charge in [-0.2, -0.15) is 5.10 Å². The largest absolute Gasteiger partial charge is 0.459 e. The third-order valence-corrected chi connectivity index (χ3v) is 6.25. The van der Waals surface area contributed by atoms with E-state index in [-0.39, 0.29) is 11.8 Å². The third kappa shape index (κ3) is 3.60. The Morgan fingerprint density at radius 2 is 1.65 bits per heavy atom. The van der Waals surface area contributed by atoms with Crippen LogP contribution in [0.4, 0.5) is 0 Å². The number of Topliss-reactive ketones (excluding diaryl/α,β-unsaturated/α-hetero) is 1. The summed E-state index contributed by atoms with van der Waals surface area (Å²) in [6.07, 6.45) is -0.268. The van der Waals surface area contributed by atoms with Gasteiger partial charge in [-0.15, -0.1) is 0 Å². The first-order chi connectivity index (χ1) is 14.9. The molecule has 0 aromatic heterocycles. The SMILES string of the molecule is Cc1ccc(C(=O)[C@H]2Oc3c(Cl)cc(Cl)cc3[C@H]3CC(c4ccc(C)cc4)=NN23)cc1. The predicted octanol–water partition coefficient (Wildman–Crippen LogP) is 6.36. The molecule has 4 nitrogen and oxygen atoms in total. The van der Waals surface area contributed by atoms with E-state index in [9.17, 15) is 4.79 Å². The normalized spacial score (nSPS) is 19.4. The van der Waals surface area contributed by atoms with E-state index in [4.69, 9.17) is 33.0 Å². The van der Waals surface area contributed by atoms with Crippen molar-refractivity contribution in [2.24, 2.45) is 5.10 Å². The zero-order valence-corrected chi connectivity index (χ0v) is 18.6. The van der Waals surface area contributed by atoms with E-state index in [1.165, 1.54) is 5.56 Å². The molecular weight excluding hydrogens is 431 g/mol. The van der Waals surface area contributed by atoms with Crippen LogP contribution in [0.1, 0.15) is 45.1 Å². The molecule has 0 amide bonds. The number of ether oxygens (including phenoxy) is 1. The number of carbonyl (C=O) groups excluding carboxylic acids is 1. The maximum Gasteiger partial charge on any atom is 0.251 e. The Kier molecular flexibility index (Phi) is 4.99. The summed E-state index contributed by atoms with van der Waals surface area (Å²) in [6.45, 7) is 4.04. The van der Waals surface area contributed by atoms with Gasteiger partial charge >= 0.3 is 0 Å². The van der Waals surface area contributed by atoms with Crippen LogP contribution in [0, 0.1) is 13.8 Å². The lowest BCUT2D eigenvalue weighted by molar-refractivity contribution is -0.00447. The van der Waals surface area contributed by atoms with Crippen LogP contribution in [-0.2, 0) is 0 Å². The molecule has 5 rings (SSSR count). The molecule has 0 radical (unpaired) electrons. The highest BCUT2D eigenvalue weighted by atomic mass is 35.5. The molecule has 2 heterocycles. The van der Waals surface area contributed by atoms with Crippen molar-refractivity contribution in [1.82, 2.24) is 5.01 Å². The van der Waals surface area contributed by atoms with Gasteiger partial charge in [-0.3, -0.25) is 4.79 Å². The minimum absolute atomic E-state index is 0.157. The molecule has 0 N–H and O–H groups in total. The minimum Gasteiger partial charge on any atom is -0.459 e. The Bertz CT molecular complexity index is 1200. The summed E-state index contributed by atoms with van der Waals surface area (Å²) in [5.41, 5.74) is 5.61. The van der Waals surface area contributed by atoms with E-state index in [1.54, 1.807) is 11.1 Å². The Balaban J connectivity index is 1.59. The quantitative estimate of drug-likeness (QED) is 0.435. The van der Waals surface area contributed by atoms with E-state index in [1.807, 2.05) is 44.2 Å². The predicted molar refractivity (Wildman–Crippen MR) is 123 cm³/mol. The molecular formula is C25H20Cl2N2O2. The summed E-state index contributed by atoms with van der Waals surface area (Å²) in [5, 5.41) is 7.51. The monoisotopic (exact) mass is 450 g/mol. The lowest BCUT2D eigenvalue weighted by atomic mass is 9.95. The number of benzene rings is 3. The second-order valence-electron chi connectivity index (χ2n) is 8.02. The lowest BCUT2D eigenvalue weighted by Crippen LogP contribution is -2.46. The average Bonchev–Trinajstić information content (AvgIpc) is 3.19. The molecule has 0 saturated heterocycles. The first kappa shape index (κ1) is 20.1. The van der Waals surface area contributed by atoms with Crippen molar-refractivity contribution in [3.63, 3.8) is 0 Å². The summed E-state index contributed by atoms with van der Waals surface area (Å²) in [4.78, 5) is 13.4. The lowest BCUT2D eigenvalue weighted by Gasteiger charge is -2.37. The highest BCUT2D eigenvalue weighted by Crippen LogP contribution is 2.47. The molecule has 3 aromatic rings. The topological polar surface area (TPSA) is 41.9 Å². The molecule has 0 spiro atoms. The van der Waals surface area contributed by atoms with Crippen LogP contribution in [-0.4, -0.2) is 22.7 Å². The van der Waals surface area contributed by atoms with Gasteiger partial charge in [-0.1, -0.05) is 82.9 Å². The molecule has 0 fully saturated rings. The molecule has 2 aliphatic rings. The summed E-state index contributed by atoms with van der Waals surface area (Å²) < 4.78 is 6.16. The molecule has 2 aliphatic heterocycles. The summed E-state index contributed by atoms with van der Waals surface area (Å²) in [7, 11) is 0. The molecule has 31 heavy (non-hydrogen) atoms. The summed E-state index contributed by atoms with van der Waals surface area (Å²) in [6, 6.07) is 19.0. The minimum atomic E-state index is -0.901. The third-order valence-electron chi connectivity index (χ3n) is 5.75. The fourth-order valence-corrected chi connectivity index (χ4v) is 4.62. The summed E-state index contributed by atoms with van der Waals surface area (Å²) >= 11 is 12.8. The van der Waals surface area contributed by atoms with Gasteiger partial charge in [0, 0.05) is 22.6 Å². The number of hydrazone groups is 1. The standard InChI is InChI=1S/C25H20Cl2N2O2/c1-14-3-7-16(8-4-14)21-13-22-19-11-18(26)12-20(27)24(19)31-25(29(22)28-21)23(30)17-9-5-15(2)6-10-17/h3-12,22,25H,13H2,1-2H3/t22-,25-/m1/s1. The van der Waals surface area contributed by atoms with E-state index in [0.717, 1.165) is 22.4 Å². The number of hydrogen-bond donors (Lipinski definition) is 0. The first-order valence-corrected chi connectivity index (χ1v) is 10.9. The van der Waals surface area contributed by atoms with Crippen molar-refractivity contribution in [2.75, 3.05) is 0 Å². The molecule has 0 bridgehead atoms. The van der Waals surface area contributed by atoms with Crippen molar-refractivity contribution in [3.05, 3.63) is 98.5 Å². The van der Waals surface area contributed by atoms with Gasteiger partial charge in [0.1, 0.15) is 5.75 Å². The van der Waals surface area contributed by atoms with Crippen molar-refractivity contribution in [2.45, 2.75) is 32.5 Å². The number of carbonyl (C=O) groups is 1. The van der Waals surface area contributed by atoms with Crippen LogP contribution >= 0.6 is 23.2 Å². The van der Waals surface area contributed by atoms with Crippen molar-refractivity contribution in [3.8, 4) is 5.75 Å². The van der Waals surface area contributed by atoms with Gasteiger partial charge in [-0.05, 0) is 31.5 Å². The van der Waals surface area contributed by atoms with Gasteiger partial charge in [0.15, 0.2) is 0 Å². The van der Waals surface area contributed by atoms with Crippen LogP contribution in [0.15, 0.2) is 65.8 Å². The van der Waals surface area contributed by atoms with Crippen LogP contribution in [0.5, 0.6) is 5.75 Å². The number of rotatable bonds is 3. The second-order valence-corrected chi connectivity index (χ2v) is 8.86. The number of fused-ring (bicyclic) bond motifs is 3. The second kappa shape index (κ2) is 7.70. The van der Waals surface area contributed by atoms with Crippen LogP contribution in [0.25, 0.3) is 0 Å². The Labute approximate surface area is 191 Å². The molecule has 3 aromatic carbocycles. The Morgan fingerprint density at radius 3 is 2.32 bits per heavy atom. The zero-order chi connectivity index (χ0) is 21.7. The number of hydrogen-bond acceptors (Lipinski definition) is 4. The number of aryl methyl sites for hydroxylation is 2. The van der Waals surface area contributed by atoms with E-state index in [0.29, 0.717) is 27.8 Å². The van der Waals surface area contributed by atoms with E-state index in [2.05, 4.69) is 24.3 Å². The summed E-state index contributed by atoms with van der Waals surface area (Å²) in [5.74, 6) is 0.341. The van der Waals surface area contributed by atoms with E-state index >= 15 is 0 Å². The Morgan fingerprint density at radius 1 is 1.00 bits per heavy atom. The van der Waals surface area contributed by atoms with Crippen LogP contribution in [0.3, 0.4) is 0 Å². The van der Waals surface area contributed by atoms with Gasteiger partial charge in [0.25, 0.3) is 6.23 Å². The Hall–Kier alpha value is -2.82. The molecule has 2 atom stereocenters. The fourth-order valence-electron chi connectivity index (χ4n) is 4.07. The highest BCUT2D eigenvalue weighted by molar-refractivity contribution is 6.35. The maximum absolute atomic E-state index is 13.4. The zero-order valence-electron chi connectivity index (χ0n) is 17.1. The number of ketones is 1. The smallest absolute Gasteiger partial charge is 0.251 e. The van der Waals surface area contributed by atoms with E-state index < -0.39 is 6.23 Å². The van der Waals surface area contributed by atoms with Crippen LogP contribution < -0.4 is 4.74 Å². The van der Waals surface area contributed by atoms with Gasteiger partial charge < -0.3 is 4.74 Å². The van der Waals surface area contributed by atoms with Crippen molar-refractivity contribution in [1.29, 1.82) is 0 Å². The molecule has 0 unspecified atom stereocenters. The number of halogens is 2. The van der Waals surface area contributed by atoms with Gasteiger partial charge in [-0.25, -0.2) is 5.01 Å². The van der Waals surface area contributed by atoms with Crippen molar-refractivity contribution < 1.29 is 9.53 Å². The van der Waals surface area contributed by atoms with Gasteiger partial charge in [0.05, 0.1) is 16.8 Å². The first-order valence-electron chi connectivity index (χ1n) is 10.1. The molecule has 156 valence electrons. The van der Waals surface area contributed by atoms with Crippen molar-refractivity contribution >= 4 is 34.7 Å². The molecule has 0 saturated carbocycles.